The van der Waals surface area contributed by atoms with E-state index < -0.39 is 0 Å². The number of piperidine rings is 1. The first kappa shape index (κ1) is 17.9. The van der Waals surface area contributed by atoms with Gasteiger partial charge < -0.3 is 19.7 Å². The van der Waals surface area contributed by atoms with E-state index >= 15 is 0 Å². The first-order chi connectivity index (χ1) is 11.2. The zero-order valence-corrected chi connectivity index (χ0v) is 14.7. The van der Waals surface area contributed by atoms with Gasteiger partial charge in [0.2, 0.25) is 0 Å². The number of hydrogen-bond donors (Lipinski definition) is 1. The fraction of sp³-hybridized carbons (Fsp3) is 0.588. The molecule has 128 valence electrons. The van der Waals surface area contributed by atoms with Crippen LogP contribution in [0.5, 0.6) is 5.75 Å². The summed E-state index contributed by atoms with van der Waals surface area (Å²) in [5, 5.41) is 2.98. The molecule has 0 aromatic heterocycles. The van der Waals surface area contributed by atoms with Crippen LogP contribution in [-0.4, -0.2) is 56.4 Å². The van der Waals surface area contributed by atoms with Crippen molar-refractivity contribution >= 4 is 23.5 Å². The van der Waals surface area contributed by atoms with E-state index in [0.29, 0.717) is 30.6 Å². The summed E-state index contributed by atoms with van der Waals surface area (Å²) in [4.78, 5) is 14.4. The van der Waals surface area contributed by atoms with Crippen molar-refractivity contribution in [1.82, 2.24) is 4.90 Å². The number of hydrogen-bond acceptors (Lipinski definition) is 4. The molecule has 0 unspecified atom stereocenters. The van der Waals surface area contributed by atoms with Crippen molar-refractivity contribution in [2.75, 3.05) is 50.7 Å². The van der Waals surface area contributed by atoms with Gasteiger partial charge in [-0.05, 0) is 42.9 Å². The number of likely N-dealkylation sites (tertiary alicyclic amines) is 1. The topological polar surface area (TPSA) is 50.8 Å². The van der Waals surface area contributed by atoms with Gasteiger partial charge in [0.1, 0.15) is 12.4 Å². The van der Waals surface area contributed by atoms with Crippen LogP contribution < -0.4 is 10.1 Å². The second-order valence-corrected chi connectivity index (χ2v) is 6.59. The summed E-state index contributed by atoms with van der Waals surface area (Å²) in [6.45, 7) is 2.64. The summed E-state index contributed by atoms with van der Waals surface area (Å²) in [7, 11) is 1.64. The second kappa shape index (κ2) is 9.67. The van der Waals surface area contributed by atoms with Crippen molar-refractivity contribution in [3.63, 3.8) is 0 Å². The van der Waals surface area contributed by atoms with Crippen LogP contribution in [0.3, 0.4) is 0 Å². The van der Waals surface area contributed by atoms with E-state index in [-0.39, 0.29) is 6.03 Å². The average Bonchev–Trinajstić information content (AvgIpc) is 2.57. The Balaban J connectivity index is 1.94. The Morgan fingerprint density at radius 1 is 1.39 bits per heavy atom. The van der Waals surface area contributed by atoms with Crippen molar-refractivity contribution in [3.8, 4) is 5.75 Å². The highest BCUT2D eigenvalue weighted by atomic mass is 32.2. The molecule has 0 saturated carbocycles. The largest absolute Gasteiger partial charge is 0.489 e. The quantitative estimate of drug-likeness (QED) is 0.775. The Bertz CT molecular complexity index is 496. The minimum absolute atomic E-state index is 0.0430. The molecule has 23 heavy (non-hydrogen) atoms. The van der Waals surface area contributed by atoms with Gasteiger partial charge in [-0.15, -0.1) is 0 Å². The third-order valence-electron chi connectivity index (χ3n) is 3.88. The third kappa shape index (κ3) is 5.62. The number of amides is 2. The third-order valence-corrected chi connectivity index (χ3v) is 4.69. The van der Waals surface area contributed by atoms with E-state index in [1.54, 1.807) is 7.11 Å². The van der Waals surface area contributed by atoms with Crippen LogP contribution in [0.4, 0.5) is 10.5 Å². The van der Waals surface area contributed by atoms with Gasteiger partial charge in [0.25, 0.3) is 0 Å². The summed E-state index contributed by atoms with van der Waals surface area (Å²) in [5.74, 6) is 2.38. The maximum Gasteiger partial charge on any atom is 0.321 e. The molecule has 1 aliphatic rings. The zero-order chi connectivity index (χ0) is 16.5. The first-order valence-corrected chi connectivity index (χ1v) is 9.39. The summed E-state index contributed by atoms with van der Waals surface area (Å²) >= 11 is 1.85. The number of urea groups is 1. The van der Waals surface area contributed by atoms with Crippen LogP contribution in [0, 0.1) is 5.92 Å². The van der Waals surface area contributed by atoms with Crippen molar-refractivity contribution in [2.45, 2.75) is 12.8 Å². The average molecular weight is 338 g/mol. The molecule has 1 atom stereocenters. The molecular weight excluding hydrogens is 312 g/mol. The molecular formula is C17H26N2O3S. The van der Waals surface area contributed by atoms with Gasteiger partial charge >= 0.3 is 6.03 Å². The van der Waals surface area contributed by atoms with Crippen LogP contribution in [-0.2, 0) is 4.74 Å². The Morgan fingerprint density at radius 3 is 3.00 bits per heavy atom. The lowest BCUT2D eigenvalue weighted by atomic mass is 10.0. The monoisotopic (exact) mass is 338 g/mol. The Morgan fingerprint density at radius 2 is 2.22 bits per heavy atom. The predicted molar refractivity (Wildman–Crippen MR) is 95.5 cm³/mol. The summed E-state index contributed by atoms with van der Waals surface area (Å²) in [5.41, 5.74) is 0.709. The highest BCUT2D eigenvalue weighted by molar-refractivity contribution is 7.98. The molecule has 0 spiro atoms. The number of nitrogens with one attached hydrogen (secondary N) is 1. The summed E-state index contributed by atoms with van der Waals surface area (Å²) < 4.78 is 10.7. The molecule has 1 fully saturated rings. The van der Waals surface area contributed by atoms with E-state index in [1.807, 2.05) is 40.9 Å². The lowest BCUT2D eigenvalue weighted by Gasteiger charge is -2.32. The van der Waals surface area contributed by atoms with Gasteiger partial charge in [0.05, 0.1) is 12.3 Å². The lowest BCUT2D eigenvalue weighted by Crippen LogP contribution is -2.43. The standard InChI is InChI=1S/C17H26N2O3S/c1-21-10-11-22-16-8-4-3-7-15(16)18-17(20)19-9-5-6-14(12-19)13-23-2/h3-4,7-8,14H,5-6,9-13H2,1-2H3,(H,18,20)/t14-/m1/s1. The van der Waals surface area contributed by atoms with Crippen LogP contribution >= 0.6 is 11.8 Å². The molecule has 1 aromatic carbocycles. The van der Waals surface area contributed by atoms with Crippen LogP contribution in [0.2, 0.25) is 0 Å². The molecule has 6 heteroatoms. The molecule has 1 aromatic rings. The fourth-order valence-electron chi connectivity index (χ4n) is 2.75. The molecule has 5 nitrogen and oxygen atoms in total. The number of rotatable bonds is 7. The summed E-state index contributed by atoms with van der Waals surface area (Å²) in [6, 6.07) is 7.47. The van der Waals surface area contributed by atoms with Crippen LogP contribution in [0.25, 0.3) is 0 Å². The van der Waals surface area contributed by atoms with E-state index in [0.717, 1.165) is 25.3 Å². The number of carbonyl (C=O) groups excluding carboxylic acids is 1. The van der Waals surface area contributed by atoms with Crippen molar-refractivity contribution in [2.24, 2.45) is 5.92 Å². The molecule has 2 amide bonds. The van der Waals surface area contributed by atoms with Gasteiger partial charge in [-0.25, -0.2) is 4.79 Å². The minimum Gasteiger partial charge on any atom is -0.489 e. The summed E-state index contributed by atoms with van der Waals surface area (Å²) in [6.07, 6.45) is 4.40. The Labute approximate surface area is 142 Å². The van der Waals surface area contributed by atoms with Crippen LogP contribution in [0.15, 0.2) is 24.3 Å². The SMILES string of the molecule is COCCOc1ccccc1NC(=O)N1CCC[C@@H](CSC)C1. The number of benzene rings is 1. The van der Waals surface area contributed by atoms with Gasteiger partial charge in [0, 0.05) is 20.2 Å². The predicted octanol–water partition coefficient (Wildman–Crippen LogP) is 3.32. The Hall–Kier alpha value is -1.40. The number of anilines is 1. The number of para-hydroxylation sites is 2. The number of carbonyl (C=O) groups is 1. The van der Waals surface area contributed by atoms with E-state index in [4.69, 9.17) is 9.47 Å². The molecule has 0 aliphatic carbocycles. The first-order valence-electron chi connectivity index (χ1n) is 8.00. The zero-order valence-electron chi connectivity index (χ0n) is 13.9. The fourth-order valence-corrected chi connectivity index (χ4v) is 3.49. The molecule has 1 N–H and O–H groups in total. The molecule has 0 radical (unpaired) electrons. The number of methoxy groups -OCH3 is 1. The molecule has 1 heterocycles. The Kier molecular flexibility index (Phi) is 7.55. The maximum atomic E-state index is 12.5. The van der Waals surface area contributed by atoms with Crippen molar-refractivity contribution in [3.05, 3.63) is 24.3 Å². The molecule has 1 aliphatic heterocycles. The molecule has 1 saturated heterocycles. The smallest absolute Gasteiger partial charge is 0.321 e. The normalized spacial score (nSPS) is 17.8. The van der Waals surface area contributed by atoms with Crippen molar-refractivity contribution in [1.29, 1.82) is 0 Å². The minimum atomic E-state index is -0.0430. The lowest BCUT2D eigenvalue weighted by molar-refractivity contribution is 0.146. The van der Waals surface area contributed by atoms with E-state index in [9.17, 15) is 4.79 Å². The van der Waals surface area contributed by atoms with E-state index in [2.05, 4.69) is 11.6 Å². The highest BCUT2D eigenvalue weighted by Gasteiger charge is 2.23. The molecule has 0 bridgehead atoms. The number of thioether (sulfide) groups is 1. The van der Waals surface area contributed by atoms with Gasteiger partial charge in [-0.1, -0.05) is 12.1 Å². The van der Waals surface area contributed by atoms with Crippen molar-refractivity contribution < 1.29 is 14.3 Å². The van der Waals surface area contributed by atoms with Gasteiger partial charge in [0.15, 0.2) is 0 Å². The maximum absolute atomic E-state index is 12.5. The number of nitrogens with zero attached hydrogens (tertiary/aromatic N) is 1. The number of ether oxygens (including phenoxy) is 2. The van der Waals surface area contributed by atoms with Gasteiger partial charge in [-0.2, -0.15) is 11.8 Å². The molecule has 2 rings (SSSR count). The van der Waals surface area contributed by atoms with Crippen LogP contribution in [0.1, 0.15) is 12.8 Å². The van der Waals surface area contributed by atoms with E-state index in [1.165, 1.54) is 6.42 Å². The van der Waals surface area contributed by atoms with Gasteiger partial charge in [-0.3, -0.25) is 0 Å². The highest BCUT2D eigenvalue weighted by Crippen LogP contribution is 2.25. The second-order valence-electron chi connectivity index (χ2n) is 5.68.